The molecular weight excluding hydrogens is 326 g/mol. The number of hydrogen-bond donors (Lipinski definition) is 1. The van der Waals surface area contributed by atoms with E-state index in [1.807, 2.05) is 24.3 Å². The zero-order chi connectivity index (χ0) is 13.8. The van der Waals surface area contributed by atoms with Crippen molar-refractivity contribution in [1.82, 2.24) is 0 Å². The van der Waals surface area contributed by atoms with E-state index in [-0.39, 0.29) is 6.04 Å². The maximum Gasteiger partial charge on any atom is 0.122 e. The normalized spacial score (nSPS) is 12.2. The van der Waals surface area contributed by atoms with Gasteiger partial charge in [0.15, 0.2) is 0 Å². The lowest BCUT2D eigenvalue weighted by Gasteiger charge is -2.14. The molecule has 0 bridgehead atoms. The van der Waals surface area contributed by atoms with E-state index in [1.165, 1.54) is 4.88 Å². The molecule has 2 rings (SSSR count). The number of methoxy groups -OCH3 is 2. The van der Waals surface area contributed by atoms with Crippen molar-refractivity contribution >= 4 is 27.3 Å². The summed E-state index contributed by atoms with van der Waals surface area (Å²) < 4.78 is 11.6. The lowest BCUT2D eigenvalue weighted by Crippen LogP contribution is -2.13. The number of benzene rings is 1. The van der Waals surface area contributed by atoms with Crippen LogP contribution in [0.2, 0.25) is 0 Å². The Morgan fingerprint density at radius 1 is 1.16 bits per heavy atom. The molecule has 2 aromatic rings. The summed E-state index contributed by atoms with van der Waals surface area (Å²) in [7, 11) is 3.28. The molecule has 1 aromatic carbocycles. The predicted octanol–water partition coefficient (Wildman–Crippen LogP) is 3.77. The third-order valence-corrected chi connectivity index (χ3v) is 4.50. The van der Waals surface area contributed by atoms with E-state index < -0.39 is 0 Å². The van der Waals surface area contributed by atoms with E-state index in [4.69, 9.17) is 15.2 Å². The third-order valence-electron chi connectivity index (χ3n) is 2.85. The molecule has 0 spiro atoms. The molecule has 2 N–H and O–H groups in total. The highest BCUT2D eigenvalue weighted by Gasteiger charge is 2.11. The molecule has 0 radical (unpaired) electrons. The Hall–Kier alpha value is -1.04. The molecule has 0 aliphatic carbocycles. The molecule has 0 saturated heterocycles. The van der Waals surface area contributed by atoms with Crippen LogP contribution < -0.4 is 15.2 Å². The van der Waals surface area contributed by atoms with Crippen LogP contribution in [0.1, 0.15) is 16.5 Å². The van der Waals surface area contributed by atoms with Crippen LogP contribution in [0.4, 0.5) is 0 Å². The summed E-state index contributed by atoms with van der Waals surface area (Å²) in [5.74, 6) is 1.52. The first-order chi connectivity index (χ1) is 9.12. The molecule has 1 aromatic heterocycles. The SMILES string of the molecule is COc1cc(OC)cc(C(N)Cc2ccc(Br)s2)c1. The Bertz CT molecular complexity index is 534. The number of halogens is 1. The average Bonchev–Trinajstić information content (AvgIpc) is 2.83. The van der Waals surface area contributed by atoms with Crippen LogP contribution in [0.25, 0.3) is 0 Å². The second-order valence-corrected chi connectivity index (χ2v) is 6.71. The van der Waals surface area contributed by atoms with E-state index in [2.05, 4.69) is 22.0 Å². The molecule has 1 heterocycles. The maximum absolute atomic E-state index is 6.26. The van der Waals surface area contributed by atoms with Crippen LogP contribution in [0.5, 0.6) is 11.5 Å². The average molecular weight is 342 g/mol. The number of hydrogen-bond acceptors (Lipinski definition) is 4. The first kappa shape index (κ1) is 14.4. The van der Waals surface area contributed by atoms with Gasteiger partial charge in [0.25, 0.3) is 0 Å². The van der Waals surface area contributed by atoms with Gasteiger partial charge in [0.1, 0.15) is 11.5 Å². The maximum atomic E-state index is 6.26. The Balaban J connectivity index is 2.20. The highest BCUT2D eigenvalue weighted by molar-refractivity contribution is 9.11. The molecule has 19 heavy (non-hydrogen) atoms. The third kappa shape index (κ3) is 3.72. The van der Waals surface area contributed by atoms with Gasteiger partial charge in [0.05, 0.1) is 18.0 Å². The minimum Gasteiger partial charge on any atom is -0.497 e. The minimum absolute atomic E-state index is 0.0745. The topological polar surface area (TPSA) is 44.5 Å². The summed E-state index contributed by atoms with van der Waals surface area (Å²) in [4.78, 5) is 1.25. The number of nitrogens with two attached hydrogens (primary N) is 1. The molecule has 0 aliphatic rings. The Kier molecular flexibility index (Phi) is 4.85. The van der Waals surface area contributed by atoms with E-state index in [1.54, 1.807) is 25.6 Å². The van der Waals surface area contributed by atoms with Crippen molar-refractivity contribution in [2.75, 3.05) is 14.2 Å². The largest absolute Gasteiger partial charge is 0.497 e. The summed E-state index contributed by atoms with van der Waals surface area (Å²) in [6.07, 6.45) is 0.798. The Morgan fingerprint density at radius 3 is 2.26 bits per heavy atom. The highest BCUT2D eigenvalue weighted by Crippen LogP contribution is 2.29. The fraction of sp³-hybridized carbons (Fsp3) is 0.286. The summed E-state index contributed by atoms with van der Waals surface area (Å²) in [6.45, 7) is 0. The van der Waals surface area contributed by atoms with Gasteiger partial charge in [-0.25, -0.2) is 0 Å². The van der Waals surface area contributed by atoms with Crippen molar-refractivity contribution in [1.29, 1.82) is 0 Å². The molecular formula is C14H16BrNO2S. The Labute approximate surface area is 125 Å². The number of ether oxygens (including phenoxy) is 2. The number of thiophene rings is 1. The molecule has 3 nitrogen and oxygen atoms in total. The second kappa shape index (κ2) is 6.41. The minimum atomic E-state index is -0.0745. The van der Waals surface area contributed by atoms with Gasteiger partial charge in [0, 0.05) is 23.4 Å². The van der Waals surface area contributed by atoms with Crippen LogP contribution in [0.15, 0.2) is 34.1 Å². The van der Waals surface area contributed by atoms with Crippen molar-refractivity contribution in [3.8, 4) is 11.5 Å². The summed E-state index contributed by atoms with van der Waals surface area (Å²) in [6, 6.07) is 9.81. The van der Waals surface area contributed by atoms with Crippen LogP contribution >= 0.6 is 27.3 Å². The first-order valence-electron chi connectivity index (χ1n) is 5.85. The van der Waals surface area contributed by atoms with Crippen molar-refractivity contribution in [2.45, 2.75) is 12.5 Å². The van der Waals surface area contributed by atoms with Gasteiger partial charge in [0.2, 0.25) is 0 Å². The Morgan fingerprint density at radius 2 is 1.79 bits per heavy atom. The first-order valence-corrected chi connectivity index (χ1v) is 7.46. The summed E-state index contributed by atoms with van der Waals surface area (Å²) in [5, 5.41) is 0. The highest BCUT2D eigenvalue weighted by atomic mass is 79.9. The fourth-order valence-corrected chi connectivity index (χ4v) is 3.38. The van der Waals surface area contributed by atoms with Crippen LogP contribution in [-0.4, -0.2) is 14.2 Å². The van der Waals surface area contributed by atoms with Gasteiger partial charge in [-0.1, -0.05) is 0 Å². The van der Waals surface area contributed by atoms with Crippen LogP contribution in [-0.2, 0) is 6.42 Å². The van der Waals surface area contributed by atoms with Gasteiger partial charge in [-0.3, -0.25) is 0 Å². The van der Waals surface area contributed by atoms with Crippen molar-refractivity contribution in [3.63, 3.8) is 0 Å². The van der Waals surface area contributed by atoms with Gasteiger partial charge in [-0.15, -0.1) is 11.3 Å². The summed E-state index contributed by atoms with van der Waals surface area (Å²) >= 11 is 5.17. The van der Waals surface area contributed by atoms with E-state index >= 15 is 0 Å². The van der Waals surface area contributed by atoms with Gasteiger partial charge in [-0.05, 0) is 45.8 Å². The van der Waals surface area contributed by atoms with Gasteiger partial charge < -0.3 is 15.2 Å². The van der Waals surface area contributed by atoms with Crippen molar-refractivity contribution in [3.05, 3.63) is 44.6 Å². The second-order valence-electron chi connectivity index (χ2n) is 4.16. The predicted molar refractivity (Wildman–Crippen MR) is 82.2 cm³/mol. The molecule has 5 heteroatoms. The van der Waals surface area contributed by atoms with E-state index in [0.29, 0.717) is 0 Å². The molecule has 0 amide bonds. The van der Waals surface area contributed by atoms with Gasteiger partial charge in [-0.2, -0.15) is 0 Å². The fourth-order valence-electron chi connectivity index (χ4n) is 1.84. The molecule has 1 atom stereocenters. The van der Waals surface area contributed by atoms with E-state index in [9.17, 15) is 0 Å². The van der Waals surface area contributed by atoms with Crippen molar-refractivity contribution in [2.24, 2.45) is 5.73 Å². The molecule has 0 saturated carbocycles. The zero-order valence-electron chi connectivity index (χ0n) is 10.9. The molecule has 102 valence electrons. The van der Waals surface area contributed by atoms with Crippen LogP contribution in [0, 0.1) is 0 Å². The number of rotatable bonds is 5. The van der Waals surface area contributed by atoms with Crippen LogP contribution in [0.3, 0.4) is 0 Å². The summed E-state index contributed by atoms with van der Waals surface area (Å²) in [5.41, 5.74) is 7.28. The molecule has 0 fully saturated rings. The lowest BCUT2D eigenvalue weighted by atomic mass is 10.0. The molecule has 0 aliphatic heterocycles. The molecule has 1 unspecified atom stereocenters. The van der Waals surface area contributed by atoms with Crippen molar-refractivity contribution < 1.29 is 9.47 Å². The van der Waals surface area contributed by atoms with Gasteiger partial charge >= 0.3 is 0 Å². The lowest BCUT2D eigenvalue weighted by molar-refractivity contribution is 0.392. The monoisotopic (exact) mass is 341 g/mol. The smallest absolute Gasteiger partial charge is 0.122 e. The zero-order valence-corrected chi connectivity index (χ0v) is 13.3. The van der Waals surface area contributed by atoms with E-state index in [0.717, 1.165) is 27.3 Å². The quantitative estimate of drug-likeness (QED) is 0.900. The standard InChI is InChI=1S/C14H16BrNO2S/c1-17-10-5-9(6-11(7-10)18-2)13(16)8-12-3-4-14(15)19-12/h3-7,13H,8,16H2,1-2H3.